The summed E-state index contributed by atoms with van der Waals surface area (Å²) < 4.78 is 2.07. The molecule has 4 rings (SSSR count). The minimum absolute atomic E-state index is 0.301. The van der Waals surface area contributed by atoms with Crippen LogP contribution in [-0.4, -0.2) is 38.0 Å². The van der Waals surface area contributed by atoms with Gasteiger partial charge in [0.2, 0.25) is 5.91 Å². The van der Waals surface area contributed by atoms with E-state index in [1.54, 1.807) is 18.5 Å². The van der Waals surface area contributed by atoms with Crippen molar-refractivity contribution in [3.05, 3.63) is 81.8 Å². The van der Waals surface area contributed by atoms with Gasteiger partial charge in [-0.15, -0.1) is 0 Å². The molecule has 1 saturated heterocycles. The number of thioether (sulfide) groups is 1. The van der Waals surface area contributed by atoms with Crippen molar-refractivity contribution in [3.8, 4) is 5.69 Å². The molecule has 3 amide bonds. The number of imide groups is 1. The predicted molar refractivity (Wildman–Crippen MR) is 130 cm³/mol. The lowest BCUT2D eigenvalue weighted by molar-refractivity contribution is -0.127. The van der Waals surface area contributed by atoms with Gasteiger partial charge in [-0.2, -0.15) is 0 Å². The number of amides is 3. The van der Waals surface area contributed by atoms with Gasteiger partial charge < -0.3 is 9.88 Å². The highest BCUT2D eigenvalue weighted by molar-refractivity contribution is 8.18. The van der Waals surface area contributed by atoms with E-state index in [9.17, 15) is 14.4 Å². The fourth-order valence-corrected chi connectivity index (χ4v) is 4.77. The molecule has 3 heterocycles. The highest BCUT2D eigenvalue weighted by atomic mass is 32.2. The Morgan fingerprint density at radius 2 is 1.73 bits per heavy atom. The number of benzene rings is 1. The fourth-order valence-electron chi connectivity index (χ4n) is 3.94. The number of nitrogens with one attached hydrogen (secondary N) is 1. The van der Waals surface area contributed by atoms with E-state index in [-0.39, 0.29) is 6.54 Å². The molecule has 1 aliphatic rings. The number of aryl methyl sites for hydroxylation is 3. The summed E-state index contributed by atoms with van der Waals surface area (Å²) in [6, 6.07) is 11.5. The van der Waals surface area contributed by atoms with E-state index in [2.05, 4.69) is 14.9 Å². The summed E-state index contributed by atoms with van der Waals surface area (Å²) in [6.07, 6.45) is 5.17. The number of rotatable bonds is 5. The Labute approximate surface area is 196 Å². The van der Waals surface area contributed by atoms with Crippen molar-refractivity contribution in [2.45, 2.75) is 27.7 Å². The van der Waals surface area contributed by atoms with E-state index >= 15 is 0 Å². The van der Waals surface area contributed by atoms with Gasteiger partial charge in [0.05, 0.1) is 4.91 Å². The standard InChI is InChI=1S/C25H24N4O3S/c1-15-6-5-7-16(2)23(15)27-22(30)14-28-24(31)21(33-25(28)32)13-19-12-17(3)29(18(19)4)20-8-10-26-11-9-20/h5-13H,14H2,1-4H3,(H,27,30)/b21-13-. The summed E-state index contributed by atoms with van der Waals surface area (Å²) in [4.78, 5) is 43.4. The smallest absolute Gasteiger partial charge is 0.294 e. The second-order valence-corrected chi connectivity index (χ2v) is 8.94. The summed E-state index contributed by atoms with van der Waals surface area (Å²) >= 11 is 0.850. The monoisotopic (exact) mass is 460 g/mol. The van der Waals surface area contributed by atoms with E-state index in [0.29, 0.717) is 10.6 Å². The number of carbonyl (C=O) groups excluding carboxylic acids is 3. The molecular weight excluding hydrogens is 436 g/mol. The second kappa shape index (κ2) is 9.07. The Kier molecular flexibility index (Phi) is 6.20. The van der Waals surface area contributed by atoms with Crippen molar-refractivity contribution in [1.29, 1.82) is 0 Å². The first-order chi connectivity index (χ1) is 15.8. The fraction of sp³-hybridized carbons (Fsp3) is 0.200. The normalized spacial score (nSPS) is 14.9. The van der Waals surface area contributed by atoms with Crippen LogP contribution in [0.25, 0.3) is 11.8 Å². The number of hydrogen-bond acceptors (Lipinski definition) is 5. The molecule has 0 bridgehead atoms. The van der Waals surface area contributed by atoms with Crippen LogP contribution in [0.15, 0.2) is 53.7 Å². The van der Waals surface area contributed by atoms with Crippen molar-refractivity contribution in [1.82, 2.24) is 14.5 Å². The number of anilines is 1. The maximum Gasteiger partial charge on any atom is 0.294 e. The van der Waals surface area contributed by atoms with Crippen LogP contribution in [0.5, 0.6) is 0 Å². The Bertz CT molecular complexity index is 1270. The molecule has 2 aromatic heterocycles. The van der Waals surface area contributed by atoms with Crippen molar-refractivity contribution in [2.75, 3.05) is 11.9 Å². The topological polar surface area (TPSA) is 84.3 Å². The second-order valence-electron chi connectivity index (χ2n) is 7.95. The molecule has 0 unspecified atom stereocenters. The molecular formula is C25H24N4O3S. The highest BCUT2D eigenvalue weighted by Gasteiger charge is 2.36. The number of nitrogens with zero attached hydrogens (tertiary/aromatic N) is 3. The van der Waals surface area contributed by atoms with E-state index in [1.807, 2.05) is 64.1 Å². The first kappa shape index (κ1) is 22.5. The summed E-state index contributed by atoms with van der Waals surface area (Å²) in [5, 5.41) is 2.37. The van der Waals surface area contributed by atoms with Gasteiger partial charge in [0.15, 0.2) is 0 Å². The molecule has 8 heteroatoms. The predicted octanol–water partition coefficient (Wildman–Crippen LogP) is 4.78. The van der Waals surface area contributed by atoms with Gasteiger partial charge in [-0.05, 0) is 80.4 Å². The highest BCUT2D eigenvalue weighted by Crippen LogP contribution is 2.33. The molecule has 0 radical (unpaired) electrons. The lowest BCUT2D eigenvalue weighted by Gasteiger charge is -2.15. The molecule has 1 fully saturated rings. The Morgan fingerprint density at radius 1 is 1.06 bits per heavy atom. The number of hydrogen-bond donors (Lipinski definition) is 1. The lowest BCUT2D eigenvalue weighted by Crippen LogP contribution is -2.36. The molecule has 0 atom stereocenters. The van der Waals surface area contributed by atoms with Gasteiger partial charge in [0.25, 0.3) is 11.1 Å². The largest absolute Gasteiger partial charge is 0.324 e. The average Bonchev–Trinajstić information content (AvgIpc) is 3.20. The zero-order chi connectivity index (χ0) is 23.7. The van der Waals surface area contributed by atoms with Gasteiger partial charge >= 0.3 is 0 Å². The Morgan fingerprint density at radius 3 is 2.39 bits per heavy atom. The summed E-state index contributed by atoms with van der Waals surface area (Å²) in [7, 11) is 0. The summed E-state index contributed by atoms with van der Waals surface area (Å²) in [5.74, 6) is -0.873. The minimum atomic E-state index is -0.463. The van der Waals surface area contributed by atoms with Crippen LogP contribution in [0.3, 0.4) is 0 Å². The molecule has 33 heavy (non-hydrogen) atoms. The van der Waals surface area contributed by atoms with E-state index in [4.69, 9.17) is 0 Å². The van der Waals surface area contributed by atoms with Crippen LogP contribution in [0.2, 0.25) is 0 Å². The molecule has 0 saturated carbocycles. The Hall–Kier alpha value is -3.65. The SMILES string of the molecule is Cc1cccc(C)c1NC(=O)CN1C(=O)S/C(=C\c2cc(C)n(-c3ccncc3)c2C)C1=O. The molecule has 1 aliphatic heterocycles. The lowest BCUT2D eigenvalue weighted by atomic mass is 10.1. The molecule has 7 nitrogen and oxygen atoms in total. The van der Waals surface area contributed by atoms with Crippen LogP contribution >= 0.6 is 11.8 Å². The van der Waals surface area contributed by atoms with Crippen LogP contribution in [0, 0.1) is 27.7 Å². The zero-order valence-electron chi connectivity index (χ0n) is 18.9. The molecule has 0 spiro atoms. The molecule has 168 valence electrons. The van der Waals surface area contributed by atoms with Gasteiger partial charge in [0.1, 0.15) is 6.54 Å². The molecule has 1 aromatic carbocycles. The number of para-hydroxylation sites is 1. The summed E-state index contributed by atoms with van der Waals surface area (Å²) in [5.41, 5.74) is 6.29. The van der Waals surface area contributed by atoms with E-state index in [0.717, 1.165) is 50.4 Å². The average molecular weight is 461 g/mol. The molecule has 3 aromatic rings. The first-order valence-corrected chi connectivity index (χ1v) is 11.3. The zero-order valence-corrected chi connectivity index (χ0v) is 19.7. The van der Waals surface area contributed by atoms with Crippen molar-refractivity contribution < 1.29 is 14.4 Å². The maximum absolute atomic E-state index is 12.9. The van der Waals surface area contributed by atoms with Crippen LogP contribution in [-0.2, 0) is 9.59 Å². The van der Waals surface area contributed by atoms with E-state index < -0.39 is 17.1 Å². The van der Waals surface area contributed by atoms with Crippen LogP contribution in [0.1, 0.15) is 28.1 Å². The number of aromatic nitrogens is 2. The third-order valence-corrected chi connectivity index (χ3v) is 6.51. The first-order valence-electron chi connectivity index (χ1n) is 10.5. The third-order valence-electron chi connectivity index (χ3n) is 5.60. The number of pyridine rings is 1. The third kappa shape index (κ3) is 4.47. The van der Waals surface area contributed by atoms with Gasteiger partial charge in [-0.3, -0.25) is 24.3 Å². The van der Waals surface area contributed by atoms with Gasteiger partial charge in [0, 0.05) is 35.2 Å². The summed E-state index contributed by atoms with van der Waals surface area (Å²) in [6.45, 7) is 7.41. The van der Waals surface area contributed by atoms with Crippen molar-refractivity contribution in [3.63, 3.8) is 0 Å². The van der Waals surface area contributed by atoms with Crippen LogP contribution in [0.4, 0.5) is 10.5 Å². The Balaban J connectivity index is 1.54. The van der Waals surface area contributed by atoms with Gasteiger partial charge in [-0.1, -0.05) is 18.2 Å². The minimum Gasteiger partial charge on any atom is -0.324 e. The van der Waals surface area contributed by atoms with Gasteiger partial charge in [-0.25, -0.2) is 0 Å². The molecule has 0 aliphatic carbocycles. The van der Waals surface area contributed by atoms with Crippen molar-refractivity contribution in [2.24, 2.45) is 0 Å². The van der Waals surface area contributed by atoms with Crippen LogP contribution < -0.4 is 5.32 Å². The maximum atomic E-state index is 12.9. The number of carbonyl (C=O) groups is 3. The van der Waals surface area contributed by atoms with E-state index in [1.165, 1.54) is 0 Å². The quantitative estimate of drug-likeness (QED) is 0.554. The molecule has 1 N–H and O–H groups in total. The van der Waals surface area contributed by atoms with Crippen molar-refractivity contribution >= 4 is 40.6 Å².